The monoisotopic (exact) mass is 509 g/mol. The smallest absolute Gasteiger partial charge is 0.236 e. The molecule has 2 unspecified atom stereocenters. The van der Waals surface area contributed by atoms with Crippen LogP contribution in [0, 0.1) is 0 Å². The predicted molar refractivity (Wildman–Crippen MR) is 150 cm³/mol. The molecule has 0 spiro atoms. The number of guanidine groups is 1. The Morgan fingerprint density at radius 2 is 1.66 bits per heavy atom. The van der Waals surface area contributed by atoms with E-state index in [-0.39, 0.29) is 18.0 Å². The van der Waals surface area contributed by atoms with Gasteiger partial charge in [0.25, 0.3) is 0 Å². The third kappa shape index (κ3) is 5.03. The van der Waals surface area contributed by atoms with E-state index < -0.39 is 0 Å². The molecule has 38 heavy (non-hydrogen) atoms. The van der Waals surface area contributed by atoms with Crippen LogP contribution in [-0.2, 0) is 11.3 Å². The second kappa shape index (κ2) is 11.5. The molecule has 0 saturated carbocycles. The van der Waals surface area contributed by atoms with Crippen LogP contribution in [0.15, 0.2) is 95.6 Å². The highest BCUT2D eigenvalue weighted by Crippen LogP contribution is 2.44. The average Bonchev–Trinajstić information content (AvgIpc) is 3.27. The number of nitrogens with zero attached hydrogens (tertiary/aromatic N) is 3. The van der Waals surface area contributed by atoms with Crippen molar-refractivity contribution in [1.82, 2.24) is 9.80 Å². The number of rotatable bonds is 9. The number of aliphatic imine (C=N–C) groups is 1. The highest BCUT2D eigenvalue weighted by Gasteiger charge is 2.46. The van der Waals surface area contributed by atoms with Crippen molar-refractivity contribution in [2.45, 2.75) is 51.2 Å². The Bertz CT molecular complexity index is 1320. The zero-order valence-electron chi connectivity index (χ0n) is 22.3. The summed E-state index contributed by atoms with van der Waals surface area (Å²) >= 11 is 0. The van der Waals surface area contributed by atoms with Gasteiger partial charge in [-0.15, -0.1) is 0 Å². The second-order valence-electron chi connectivity index (χ2n) is 9.68. The highest BCUT2D eigenvalue weighted by atomic mass is 16.5. The summed E-state index contributed by atoms with van der Waals surface area (Å²) in [5, 5.41) is 0. The van der Waals surface area contributed by atoms with E-state index in [2.05, 4.69) is 54.3 Å². The SMILES string of the molecule is CCCC/C=C1/C(c2ccccc2)N(Cc2ccc(OC)cc2OC)C2=NC(c3ccccc3)CC(=O)N21. The van der Waals surface area contributed by atoms with Gasteiger partial charge >= 0.3 is 0 Å². The van der Waals surface area contributed by atoms with E-state index in [1.807, 2.05) is 47.4 Å². The summed E-state index contributed by atoms with van der Waals surface area (Å²) in [5.74, 6) is 2.26. The molecule has 1 amide bonds. The molecule has 5 rings (SSSR count). The van der Waals surface area contributed by atoms with Crippen LogP contribution in [0.4, 0.5) is 0 Å². The predicted octanol–water partition coefficient (Wildman–Crippen LogP) is 6.66. The number of carbonyl (C=O) groups excluding carboxylic acids is 1. The van der Waals surface area contributed by atoms with Crippen LogP contribution in [-0.4, -0.2) is 35.9 Å². The van der Waals surface area contributed by atoms with Crippen LogP contribution in [0.1, 0.15) is 61.4 Å². The van der Waals surface area contributed by atoms with Gasteiger partial charge in [0.05, 0.1) is 45.0 Å². The number of allylic oxidation sites excluding steroid dienone is 1. The maximum Gasteiger partial charge on any atom is 0.236 e. The van der Waals surface area contributed by atoms with Crippen molar-refractivity contribution in [3.05, 3.63) is 107 Å². The molecule has 0 bridgehead atoms. The lowest BCUT2D eigenvalue weighted by Gasteiger charge is -2.30. The molecule has 2 aliphatic heterocycles. The zero-order chi connectivity index (χ0) is 26.5. The first-order valence-electron chi connectivity index (χ1n) is 13.3. The molecule has 6 heteroatoms. The molecule has 2 aliphatic rings. The quantitative estimate of drug-likeness (QED) is 0.303. The van der Waals surface area contributed by atoms with Gasteiger partial charge in [0.1, 0.15) is 11.5 Å². The molecule has 0 aliphatic carbocycles. The molecule has 3 aromatic rings. The molecular formula is C32H35N3O3. The molecular weight excluding hydrogens is 474 g/mol. The Labute approximate surface area is 225 Å². The van der Waals surface area contributed by atoms with E-state index in [1.54, 1.807) is 14.2 Å². The van der Waals surface area contributed by atoms with Crippen molar-refractivity contribution in [2.75, 3.05) is 14.2 Å². The Morgan fingerprint density at radius 1 is 0.947 bits per heavy atom. The number of hydrogen-bond donors (Lipinski definition) is 0. The molecule has 1 fully saturated rings. The third-order valence-corrected chi connectivity index (χ3v) is 7.24. The molecule has 0 N–H and O–H groups in total. The van der Waals surface area contributed by atoms with Crippen molar-refractivity contribution in [1.29, 1.82) is 0 Å². The summed E-state index contributed by atoms with van der Waals surface area (Å²) in [7, 11) is 3.32. The number of unbranched alkanes of at least 4 members (excludes halogenated alkanes) is 2. The summed E-state index contributed by atoms with van der Waals surface area (Å²) in [5.41, 5.74) is 4.17. The molecule has 1 saturated heterocycles. The number of fused-ring (bicyclic) bond motifs is 1. The normalized spacial score (nSPS) is 19.9. The molecule has 0 aromatic heterocycles. The van der Waals surface area contributed by atoms with Gasteiger partial charge in [-0.05, 0) is 29.7 Å². The lowest BCUT2D eigenvalue weighted by atomic mass is 10.00. The van der Waals surface area contributed by atoms with E-state index >= 15 is 0 Å². The Hall–Kier alpha value is -4.06. The summed E-state index contributed by atoms with van der Waals surface area (Å²) in [4.78, 5) is 23.2. The Morgan fingerprint density at radius 3 is 2.32 bits per heavy atom. The van der Waals surface area contributed by atoms with Crippen LogP contribution >= 0.6 is 0 Å². The minimum atomic E-state index is -0.221. The minimum Gasteiger partial charge on any atom is -0.497 e. The van der Waals surface area contributed by atoms with E-state index in [1.165, 1.54) is 0 Å². The lowest BCUT2D eigenvalue weighted by Crippen LogP contribution is -2.41. The molecule has 3 aromatic carbocycles. The van der Waals surface area contributed by atoms with Crippen LogP contribution in [0.5, 0.6) is 11.5 Å². The van der Waals surface area contributed by atoms with Gasteiger partial charge in [0.2, 0.25) is 11.9 Å². The number of methoxy groups -OCH3 is 2. The fourth-order valence-electron chi connectivity index (χ4n) is 5.31. The molecule has 2 atom stereocenters. The Balaban J connectivity index is 1.65. The zero-order valence-corrected chi connectivity index (χ0v) is 22.3. The molecule has 2 heterocycles. The maximum atomic E-state index is 13.8. The van der Waals surface area contributed by atoms with Crippen molar-refractivity contribution in [3.8, 4) is 11.5 Å². The summed E-state index contributed by atoms with van der Waals surface area (Å²) in [6.07, 6.45) is 5.66. The van der Waals surface area contributed by atoms with Gasteiger partial charge in [-0.3, -0.25) is 9.69 Å². The first-order chi connectivity index (χ1) is 18.6. The van der Waals surface area contributed by atoms with Gasteiger partial charge in [0, 0.05) is 11.6 Å². The van der Waals surface area contributed by atoms with Crippen LogP contribution in [0.3, 0.4) is 0 Å². The van der Waals surface area contributed by atoms with Crippen LogP contribution in [0.2, 0.25) is 0 Å². The lowest BCUT2D eigenvalue weighted by molar-refractivity contribution is -0.126. The van der Waals surface area contributed by atoms with E-state index in [4.69, 9.17) is 14.5 Å². The van der Waals surface area contributed by atoms with Gasteiger partial charge in [-0.2, -0.15) is 0 Å². The topological polar surface area (TPSA) is 54.4 Å². The van der Waals surface area contributed by atoms with Crippen molar-refractivity contribution in [2.24, 2.45) is 4.99 Å². The van der Waals surface area contributed by atoms with Gasteiger partial charge in [-0.25, -0.2) is 4.99 Å². The molecule has 0 radical (unpaired) electrons. The number of ether oxygens (including phenoxy) is 2. The number of hydrogen-bond acceptors (Lipinski definition) is 5. The minimum absolute atomic E-state index is 0.0803. The number of benzene rings is 3. The van der Waals surface area contributed by atoms with Gasteiger partial charge in [-0.1, -0.05) is 86.5 Å². The van der Waals surface area contributed by atoms with E-state index in [9.17, 15) is 4.79 Å². The van der Waals surface area contributed by atoms with E-state index in [0.29, 0.717) is 18.9 Å². The third-order valence-electron chi connectivity index (χ3n) is 7.24. The molecule has 196 valence electrons. The largest absolute Gasteiger partial charge is 0.497 e. The van der Waals surface area contributed by atoms with Crippen molar-refractivity contribution in [3.63, 3.8) is 0 Å². The van der Waals surface area contributed by atoms with Crippen LogP contribution < -0.4 is 9.47 Å². The maximum absolute atomic E-state index is 13.8. The van der Waals surface area contributed by atoms with E-state index in [0.717, 1.165) is 53.1 Å². The highest BCUT2D eigenvalue weighted by molar-refractivity contribution is 6.04. The summed E-state index contributed by atoms with van der Waals surface area (Å²) in [6, 6.07) is 26.0. The first-order valence-corrected chi connectivity index (χ1v) is 13.3. The summed E-state index contributed by atoms with van der Waals surface area (Å²) < 4.78 is 11.2. The van der Waals surface area contributed by atoms with Crippen molar-refractivity contribution >= 4 is 11.9 Å². The second-order valence-corrected chi connectivity index (χ2v) is 9.68. The Kier molecular flexibility index (Phi) is 7.78. The average molecular weight is 510 g/mol. The first kappa shape index (κ1) is 25.6. The van der Waals surface area contributed by atoms with Crippen LogP contribution in [0.25, 0.3) is 0 Å². The number of amides is 1. The fourth-order valence-corrected chi connectivity index (χ4v) is 5.31. The van der Waals surface area contributed by atoms with Gasteiger partial charge in [0.15, 0.2) is 0 Å². The number of carbonyl (C=O) groups is 1. The van der Waals surface area contributed by atoms with Gasteiger partial charge < -0.3 is 14.4 Å². The van der Waals surface area contributed by atoms with Crippen molar-refractivity contribution < 1.29 is 14.3 Å². The fraction of sp³-hybridized carbons (Fsp3) is 0.312. The summed E-state index contributed by atoms with van der Waals surface area (Å²) in [6.45, 7) is 2.72. The standard InChI is InChI=1S/C32H35N3O3/c1-4-5-8-17-28-31(24-15-11-7-12-16-24)34(22-25-18-19-26(37-2)20-29(25)38-3)32-33-27(21-30(36)35(28)32)23-13-9-6-10-14-23/h6-7,9-20,27,31H,4-5,8,21-22H2,1-3H3/b28-17-. The molecule has 6 nitrogen and oxygen atoms in total.